The Labute approximate surface area is 209 Å². The first-order chi connectivity index (χ1) is 17.1. The van der Waals surface area contributed by atoms with Gasteiger partial charge in [-0.2, -0.15) is 13.2 Å². The molecule has 1 aliphatic rings. The lowest BCUT2D eigenvalue weighted by Gasteiger charge is -2.26. The standard InChI is InChI=1S/C26H19ClF3NO5/c1-35-17-8-3-5-14(11-17)22-21(23(32)19-13-18(36-2)9-10-20(19)27)24(33)25(34)31(22)16-7-4-6-15(12-16)26(28,29)30/h3-13,22,32H,1-2H3/b23-21+. The molecule has 186 valence electrons. The van der Waals surface area contributed by atoms with Crippen LogP contribution in [0.25, 0.3) is 5.76 Å². The predicted octanol–water partition coefficient (Wildman–Crippen LogP) is 6.00. The number of anilines is 1. The molecular formula is C26H19ClF3NO5. The number of nitrogens with zero attached hydrogens (tertiary/aromatic N) is 1. The minimum absolute atomic E-state index is 0.0194. The molecule has 1 N–H and O–H groups in total. The summed E-state index contributed by atoms with van der Waals surface area (Å²) in [6.45, 7) is 0. The van der Waals surface area contributed by atoms with E-state index in [-0.39, 0.29) is 21.8 Å². The van der Waals surface area contributed by atoms with Crippen molar-refractivity contribution in [3.63, 3.8) is 0 Å². The molecule has 1 atom stereocenters. The van der Waals surface area contributed by atoms with Gasteiger partial charge < -0.3 is 14.6 Å². The first-order valence-electron chi connectivity index (χ1n) is 10.5. The molecule has 1 fully saturated rings. The molecule has 0 spiro atoms. The number of alkyl halides is 3. The van der Waals surface area contributed by atoms with Crippen LogP contribution in [0.15, 0.2) is 72.3 Å². The van der Waals surface area contributed by atoms with Crippen LogP contribution in [-0.2, 0) is 15.8 Å². The van der Waals surface area contributed by atoms with Crippen molar-refractivity contribution in [3.05, 3.63) is 94.0 Å². The van der Waals surface area contributed by atoms with Gasteiger partial charge in [0.2, 0.25) is 0 Å². The fourth-order valence-electron chi connectivity index (χ4n) is 4.02. The van der Waals surface area contributed by atoms with E-state index in [1.54, 1.807) is 24.3 Å². The summed E-state index contributed by atoms with van der Waals surface area (Å²) in [5.41, 5.74) is -1.17. The highest BCUT2D eigenvalue weighted by Gasteiger charge is 2.47. The van der Waals surface area contributed by atoms with Crippen LogP contribution in [0.2, 0.25) is 5.02 Å². The third-order valence-electron chi connectivity index (χ3n) is 5.73. The first-order valence-corrected chi connectivity index (χ1v) is 10.9. The highest BCUT2D eigenvalue weighted by atomic mass is 35.5. The van der Waals surface area contributed by atoms with Gasteiger partial charge in [0.25, 0.3) is 11.7 Å². The molecule has 0 aromatic heterocycles. The van der Waals surface area contributed by atoms with E-state index < -0.39 is 35.2 Å². The molecule has 1 amide bonds. The molecule has 1 unspecified atom stereocenters. The smallest absolute Gasteiger partial charge is 0.416 e. The molecule has 1 aliphatic heterocycles. The highest BCUT2D eigenvalue weighted by molar-refractivity contribution is 6.52. The number of benzene rings is 3. The monoisotopic (exact) mass is 517 g/mol. The molecule has 0 aliphatic carbocycles. The normalized spacial score (nSPS) is 17.4. The lowest BCUT2D eigenvalue weighted by Crippen LogP contribution is -2.29. The molecule has 3 aromatic carbocycles. The summed E-state index contributed by atoms with van der Waals surface area (Å²) in [7, 11) is 2.81. The zero-order chi connectivity index (χ0) is 26.2. The van der Waals surface area contributed by atoms with E-state index in [2.05, 4.69) is 0 Å². The number of methoxy groups -OCH3 is 2. The summed E-state index contributed by atoms with van der Waals surface area (Å²) in [6, 6.07) is 13.5. The van der Waals surface area contributed by atoms with Crippen LogP contribution in [0.3, 0.4) is 0 Å². The van der Waals surface area contributed by atoms with E-state index in [1.165, 1.54) is 38.5 Å². The zero-order valence-electron chi connectivity index (χ0n) is 19.0. The van der Waals surface area contributed by atoms with E-state index in [1.807, 2.05) is 0 Å². The minimum Gasteiger partial charge on any atom is -0.507 e. The Morgan fingerprint density at radius 2 is 1.61 bits per heavy atom. The molecule has 0 radical (unpaired) electrons. The Kier molecular flexibility index (Phi) is 6.69. The van der Waals surface area contributed by atoms with E-state index in [4.69, 9.17) is 21.1 Å². The molecule has 36 heavy (non-hydrogen) atoms. The first kappa shape index (κ1) is 25.1. The molecule has 10 heteroatoms. The molecule has 0 bridgehead atoms. The Hall–Kier alpha value is -3.98. The number of ether oxygens (including phenoxy) is 2. The largest absolute Gasteiger partial charge is 0.507 e. The topological polar surface area (TPSA) is 76.1 Å². The zero-order valence-corrected chi connectivity index (χ0v) is 19.7. The van der Waals surface area contributed by atoms with Crippen LogP contribution in [0.4, 0.5) is 18.9 Å². The maximum Gasteiger partial charge on any atom is 0.416 e. The minimum atomic E-state index is -4.68. The van der Waals surface area contributed by atoms with Gasteiger partial charge in [-0.3, -0.25) is 14.5 Å². The van der Waals surface area contributed by atoms with Gasteiger partial charge in [0.15, 0.2) is 0 Å². The molecule has 3 aromatic rings. The third kappa shape index (κ3) is 4.49. The van der Waals surface area contributed by atoms with Gasteiger partial charge in [0.05, 0.1) is 36.4 Å². The number of amides is 1. The summed E-state index contributed by atoms with van der Waals surface area (Å²) in [5, 5.41) is 11.3. The summed E-state index contributed by atoms with van der Waals surface area (Å²) in [5.74, 6) is -2.09. The van der Waals surface area contributed by atoms with Crippen LogP contribution in [-0.4, -0.2) is 31.0 Å². The van der Waals surface area contributed by atoms with Crippen LogP contribution in [0.1, 0.15) is 22.7 Å². The van der Waals surface area contributed by atoms with Crippen molar-refractivity contribution in [2.24, 2.45) is 0 Å². The third-order valence-corrected chi connectivity index (χ3v) is 6.06. The number of carbonyl (C=O) groups excluding carboxylic acids is 2. The molecule has 1 heterocycles. The van der Waals surface area contributed by atoms with Crippen LogP contribution < -0.4 is 14.4 Å². The van der Waals surface area contributed by atoms with Gasteiger partial charge in [0, 0.05) is 11.3 Å². The van der Waals surface area contributed by atoms with Crippen molar-refractivity contribution in [2.75, 3.05) is 19.1 Å². The summed E-state index contributed by atoms with van der Waals surface area (Å²) in [4.78, 5) is 27.4. The second-order valence-corrected chi connectivity index (χ2v) is 8.25. The second-order valence-electron chi connectivity index (χ2n) is 7.84. The number of hydrogen-bond donors (Lipinski definition) is 1. The fraction of sp³-hybridized carbons (Fsp3) is 0.154. The Bertz CT molecular complexity index is 1390. The van der Waals surface area contributed by atoms with Gasteiger partial charge in [0.1, 0.15) is 17.3 Å². The van der Waals surface area contributed by atoms with E-state index in [9.17, 15) is 27.9 Å². The van der Waals surface area contributed by atoms with Crippen molar-refractivity contribution in [1.29, 1.82) is 0 Å². The number of aliphatic hydroxyl groups is 1. The number of rotatable bonds is 5. The fourth-order valence-corrected chi connectivity index (χ4v) is 4.22. The predicted molar refractivity (Wildman–Crippen MR) is 127 cm³/mol. The van der Waals surface area contributed by atoms with Crippen LogP contribution in [0.5, 0.6) is 11.5 Å². The SMILES string of the molecule is COc1cccc(C2/C(=C(\O)c3cc(OC)ccc3Cl)C(=O)C(=O)N2c2cccc(C(F)(F)F)c2)c1. The number of aliphatic hydroxyl groups excluding tert-OH is 1. The summed E-state index contributed by atoms with van der Waals surface area (Å²) in [6.07, 6.45) is -4.68. The van der Waals surface area contributed by atoms with E-state index >= 15 is 0 Å². The number of ketones is 1. The lowest BCUT2D eigenvalue weighted by molar-refractivity contribution is -0.137. The Morgan fingerprint density at radius 3 is 2.28 bits per heavy atom. The average Bonchev–Trinajstić information content (AvgIpc) is 3.13. The molecule has 1 saturated heterocycles. The second kappa shape index (κ2) is 9.58. The lowest BCUT2D eigenvalue weighted by atomic mass is 9.94. The van der Waals surface area contributed by atoms with Crippen molar-refractivity contribution in [2.45, 2.75) is 12.2 Å². The number of carbonyl (C=O) groups is 2. The summed E-state index contributed by atoms with van der Waals surface area (Å²) < 4.78 is 50.7. The highest BCUT2D eigenvalue weighted by Crippen LogP contribution is 2.45. The average molecular weight is 518 g/mol. The Morgan fingerprint density at radius 1 is 0.944 bits per heavy atom. The van der Waals surface area contributed by atoms with Crippen molar-refractivity contribution in [1.82, 2.24) is 0 Å². The summed E-state index contributed by atoms with van der Waals surface area (Å²) >= 11 is 6.27. The van der Waals surface area contributed by atoms with Crippen LogP contribution >= 0.6 is 11.6 Å². The molecule has 6 nitrogen and oxygen atoms in total. The number of Topliss-reactive ketones (excluding diaryl/α,β-unsaturated/α-hetero) is 1. The maximum atomic E-state index is 13.4. The van der Waals surface area contributed by atoms with E-state index in [0.717, 1.165) is 23.1 Å². The maximum absolute atomic E-state index is 13.4. The van der Waals surface area contributed by atoms with Gasteiger partial charge in [-0.15, -0.1) is 0 Å². The van der Waals surface area contributed by atoms with Gasteiger partial charge >= 0.3 is 6.18 Å². The quantitative estimate of drug-likeness (QED) is 0.255. The van der Waals surface area contributed by atoms with Crippen molar-refractivity contribution < 1.29 is 37.3 Å². The number of halogens is 4. The Balaban J connectivity index is 1.99. The number of hydrogen-bond acceptors (Lipinski definition) is 5. The van der Waals surface area contributed by atoms with Crippen LogP contribution in [0, 0.1) is 0 Å². The van der Waals surface area contributed by atoms with Gasteiger partial charge in [-0.1, -0.05) is 29.8 Å². The van der Waals surface area contributed by atoms with Gasteiger partial charge in [-0.05, 0) is 54.1 Å². The van der Waals surface area contributed by atoms with E-state index in [0.29, 0.717) is 17.1 Å². The van der Waals surface area contributed by atoms with Crippen molar-refractivity contribution >= 4 is 34.7 Å². The molecule has 4 rings (SSSR count). The molecular weight excluding hydrogens is 499 g/mol. The van der Waals surface area contributed by atoms with Crippen molar-refractivity contribution in [3.8, 4) is 11.5 Å². The molecule has 0 saturated carbocycles. The van der Waals surface area contributed by atoms with Gasteiger partial charge in [-0.25, -0.2) is 0 Å².